The van der Waals surface area contributed by atoms with Crippen LogP contribution in [-0.4, -0.2) is 32.2 Å². The summed E-state index contributed by atoms with van der Waals surface area (Å²) in [5, 5.41) is 21.9. The number of benzene rings is 1. The summed E-state index contributed by atoms with van der Waals surface area (Å²) in [5.41, 5.74) is 1.30. The molecule has 0 spiro atoms. The smallest absolute Gasteiger partial charge is 0.254 e. The average Bonchev–Trinajstić information content (AvgIpc) is 3.42. The van der Waals surface area contributed by atoms with Crippen molar-refractivity contribution in [1.29, 1.82) is 0 Å². The van der Waals surface area contributed by atoms with Crippen LogP contribution in [0.2, 0.25) is 0 Å². The predicted octanol–water partition coefficient (Wildman–Crippen LogP) is 3.67. The first-order valence-corrected chi connectivity index (χ1v) is 10.5. The molecule has 1 saturated carbocycles. The van der Waals surface area contributed by atoms with Crippen LogP contribution in [0.25, 0.3) is 0 Å². The van der Waals surface area contributed by atoms with Gasteiger partial charge in [-0.05, 0) is 62.4 Å². The molecule has 28 heavy (non-hydrogen) atoms. The quantitative estimate of drug-likeness (QED) is 0.439. The Labute approximate surface area is 175 Å². The van der Waals surface area contributed by atoms with E-state index in [2.05, 4.69) is 26.0 Å². The van der Waals surface area contributed by atoms with Gasteiger partial charge in [0.2, 0.25) is 0 Å². The van der Waals surface area contributed by atoms with Gasteiger partial charge in [0.1, 0.15) is 11.6 Å². The molecule has 4 N–H and O–H groups in total. The number of aliphatic hydroxyl groups excluding tert-OH is 2. The fourth-order valence-corrected chi connectivity index (χ4v) is 4.38. The van der Waals surface area contributed by atoms with E-state index in [-0.39, 0.29) is 22.6 Å². The summed E-state index contributed by atoms with van der Waals surface area (Å²) in [4.78, 5) is 12.4. The highest BCUT2D eigenvalue weighted by Crippen LogP contribution is 2.52. The lowest BCUT2D eigenvalue weighted by molar-refractivity contribution is 0.0865. The Morgan fingerprint density at radius 2 is 2.07 bits per heavy atom. The van der Waals surface area contributed by atoms with Crippen LogP contribution < -0.4 is 15.6 Å². The topological polar surface area (TPSA) is 86.5 Å². The molecule has 0 aliphatic heterocycles. The summed E-state index contributed by atoms with van der Waals surface area (Å²) in [7, 11) is 1.63. The Bertz CT molecular complexity index is 933. The standard InChI is InChI=1S/C19H23BrFN3O3S/c1-11-7-16(23-28-19(5-6-19)9-13(26)10-25)17(24(2)18(11)27)22-15-4-3-12(20)8-14(15)21/h3-4,7-8,13,22-23,25-26H,5-6,9-10H2,1-2H3. The van der Waals surface area contributed by atoms with Crippen LogP contribution in [0.4, 0.5) is 21.6 Å². The Morgan fingerprint density at radius 3 is 2.68 bits per heavy atom. The van der Waals surface area contributed by atoms with E-state index in [0.717, 1.165) is 12.8 Å². The van der Waals surface area contributed by atoms with Crippen molar-refractivity contribution in [3.05, 3.63) is 50.5 Å². The molecule has 1 atom stereocenters. The Morgan fingerprint density at radius 1 is 1.36 bits per heavy atom. The lowest BCUT2D eigenvalue weighted by Crippen LogP contribution is -2.24. The maximum atomic E-state index is 14.3. The molecular weight excluding hydrogens is 449 g/mol. The molecular formula is C19H23BrFN3O3S. The number of hydrogen-bond acceptors (Lipinski definition) is 6. The van der Waals surface area contributed by atoms with Crippen LogP contribution in [0, 0.1) is 12.7 Å². The number of halogens is 2. The maximum Gasteiger partial charge on any atom is 0.254 e. The van der Waals surface area contributed by atoms with Crippen LogP contribution in [-0.2, 0) is 7.05 Å². The van der Waals surface area contributed by atoms with E-state index in [1.807, 2.05) is 0 Å². The van der Waals surface area contributed by atoms with Crippen LogP contribution in [0.3, 0.4) is 0 Å². The van der Waals surface area contributed by atoms with E-state index in [1.54, 1.807) is 32.2 Å². The molecule has 1 unspecified atom stereocenters. The monoisotopic (exact) mass is 471 g/mol. The van der Waals surface area contributed by atoms with Crippen LogP contribution in [0.1, 0.15) is 24.8 Å². The van der Waals surface area contributed by atoms with Gasteiger partial charge in [-0.1, -0.05) is 15.9 Å². The van der Waals surface area contributed by atoms with Crippen LogP contribution >= 0.6 is 27.9 Å². The van der Waals surface area contributed by atoms with Crippen molar-refractivity contribution in [2.24, 2.45) is 7.05 Å². The molecule has 0 amide bonds. The molecule has 1 aromatic heterocycles. The van der Waals surface area contributed by atoms with Crippen LogP contribution in [0.15, 0.2) is 33.5 Å². The fraction of sp³-hybridized carbons (Fsp3) is 0.421. The van der Waals surface area contributed by atoms with Gasteiger partial charge in [0, 0.05) is 21.8 Å². The van der Waals surface area contributed by atoms with Gasteiger partial charge in [-0.3, -0.25) is 9.36 Å². The molecule has 2 aromatic rings. The largest absolute Gasteiger partial charge is 0.394 e. The molecule has 0 radical (unpaired) electrons. The van der Waals surface area contributed by atoms with Crippen molar-refractivity contribution in [3.63, 3.8) is 0 Å². The zero-order valence-corrected chi connectivity index (χ0v) is 18.0. The second kappa shape index (κ2) is 8.44. The minimum atomic E-state index is -0.756. The number of aryl methyl sites for hydroxylation is 1. The molecule has 6 nitrogen and oxygen atoms in total. The first kappa shape index (κ1) is 21.2. The fourth-order valence-electron chi connectivity index (χ4n) is 2.99. The van der Waals surface area contributed by atoms with Crippen molar-refractivity contribution in [2.45, 2.75) is 37.0 Å². The summed E-state index contributed by atoms with van der Waals surface area (Å²) in [5.74, 6) is 0.00793. The summed E-state index contributed by atoms with van der Waals surface area (Å²) in [6, 6.07) is 6.40. The Kier molecular flexibility index (Phi) is 6.38. The van der Waals surface area contributed by atoms with E-state index in [9.17, 15) is 14.3 Å². The van der Waals surface area contributed by atoms with Crippen molar-refractivity contribution >= 4 is 45.1 Å². The lowest BCUT2D eigenvalue weighted by atomic mass is 10.2. The SMILES string of the molecule is Cc1cc(NSC2(CC(O)CO)CC2)c(Nc2ccc(Br)cc2F)n(C)c1=O. The Hall–Kier alpha value is -1.55. The number of aromatic nitrogens is 1. The van der Waals surface area contributed by atoms with Crippen molar-refractivity contribution in [2.75, 3.05) is 16.6 Å². The zero-order valence-electron chi connectivity index (χ0n) is 15.6. The highest BCUT2D eigenvalue weighted by molar-refractivity contribution is 9.10. The third kappa shape index (κ3) is 4.71. The van der Waals surface area contributed by atoms with Gasteiger partial charge < -0.3 is 20.3 Å². The van der Waals surface area contributed by atoms with E-state index < -0.39 is 11.9 Å². The van der Waals surface area contributed by atoms with Gasteiger partial charge >= 0.3 is 0 Å². The second-order valence-electron chi connectivity index (χ2n) is 7.13. The van der Waals surface area contributed by atoms with Gasteiger partial charge in [-0.2, -0.15) is 0 Å². The first-order valence-electron chi connectivity index (χ1n) is 8.90. The number of nitrogens with zero attached hydrogens (tertiary/aromatic N) is 1. The molecule has 3 rings (SSSR count). The molecule has 9 heteroatoms. The number of nitrogens with one attached hydrogen (secondary N) is 2. The van der Waals surface area contributed by atoms with Gasteiger partial charge in [0.15, 0.2) is 0 Å². The highest BCUT2D eigenvalue weighted by Gasteiger charge is 2.45. The summed E-state index contributed by atoms with van der Waals surface area (Å²) < 4.78 is 19.5. The molecule has 152 valence electrons. The van der Waals surface area contributed by atoms with Crippen molar-refractivity contribution in [3.8, 4) is 0 Å². The summed E-state index contributed by atoms with van der Waals surface area (Å²) in [6.07, 6.45) is 1.58. The van der Waals surface area contributed by atoms with Gasteiger partial charge in [-0.25, -0.2) is 4.39 Å². The van der Waals surface area contributed by atoms with Crippen LogP contribution in [0.5, 0.6) is 0 Å². The first-order chi connectivity index (χ1) is 13.2. The summed E-state index contributed by atoms with van der Waals surface area (Å²) >= 11 is 4.70. The molecule has 1 heterocycles. The number of pyridine rings is 1. The normalized spacial score (nSPS) is 15.9. The highest BCUT2D eigenvalue weighted by atomic mass is 79.9. The number of rotatable bonds is 8. The van der Waals surface area contributed by atoms with Gasteiger partial charge in [-0.15, -0.1) is 0 Å². The van der Waals surface area contributed by atoms with Crippen molar-refractivity contribution in [1.82, 2.24) is 4.57 Å². The minimum absolute atomic E-state index is 0.148. The van der Waals surface area contributed by atoms with E-state index in [4.69, 9.17) is 5.11 Å². The molecule has 1 aliphatic rings. The molecule has 1 aromatic carbocycles. The minimum Gasteiger partial charge on any atom is -0.394 e. The molecule has 1 fully saturated rings. The zero-order chi connectivity index (χ0) is 20.5. The number of anilines is 3. The van der Waals surface area contributed by atoms with Crippen molar-refractivity contribution < 1.29 is 14.6 Å². The maximum absolute atomic E-state index is 14.3. The van der Waals surface area contributed by atoms with E-state index in [0.29, 0.717) is 28.0 Å². The molecule has 0 bridgehead atoms. The average molecular weight is 472 g/mol. The van der Waals surface area contributed by atoms with Gasteiger partial charge in [0.05, 0.1) is 24.1 Å². The lowest BCUT2D eigenvalue weighted by Gasteiger charge is -2.22. The van der Waals surface area contributed by atoms with E-state index in [1.165, 1.54) is 22.6 Å². The molecule has 1 aliphatic carbocycles. The Balaban J connectivity index is 1.87. The number of aliphatic hydroxyl groups is 2. The summed E-state index contributed by atoms with van der Waals surface area (Å²) in [6.45, 7) is 1.46. The molecule has 0 saturated heterocycles. The number of hydrogen-bond donors (Lipinski definition) is 4. The second-order valence-corrected chi connectivity index (χ2v) is 9.32. The third-order valence-corrected chi connectivity index (χ3v) is 6.60. The van der Waals surface area contributed by atoms with Gasteiger partial charge in [0.25, 0.3) is 5.56 Å². The predicted molar refractivity (Wildman–Crippen MR) is 115 cm³/mol. The third-order valence-electron chi connectivity index (χ3n) is 4.78. The van der Waals surface area contributed by atoms with E-state index >= 15 is 0 Å².